The molecule has 3 aromatic carbocycles. The number of ether oxygens (including phenoxy) is 3. The van der Waals surface area contributed by atoms with Gasteiger partial charge in [-0.05, 0) is 42.8 Å². The summed E-state index contributed by atoms with van der Waals surface area (Å²) in [7, 11) is 0. The molecule has 59 heavy (non-hydrogen) atoms. The quantitative estimate of drug-likeness (QED) is 0.0274. The summed E-state index contributed by atoms with van der Waals surface area (Å²) in [6.07, 6.45) is 6.11. The van der Waals surface area contributed by atoms with Crippen LogP contribution in [0, 0.1) is 0 Å². The number of aromatic hydroxyl groups is 2. The van der Waals surface area contributed by atoms with Crippen molar-refractivity contribution in [3.05, 3.63) is 135 Å². The normalized spacial score (nSPS) is 15.5. The SMILES string of the molecule is C=CC1=C(\C=C/C)N(C(=O)CCC=O)Cc2ccccc2/C(N(N)CCOCCOCCOCCNC(=O)c2ccc(-c3cc(=O)c4ccc(O)c(O)c4o3)cc2)=C\1N. The van der Waals surface area contributed by atoms with Crippen LogP contribution in [-0.4, -0.2) is 91.0 Å². The fourth-order valence-electron chi connectivity index (χ4n) is 6.38. The van der Waals surface area contributed by atoms with Crippen molar-refractivity contribution in [3.63, 3.8) is 0 Å². The lowest BCUT2D eigenvalue weighted by atomic mass is 9.95. The second-order valence-electron chi connectivity index (χ2n) is 13.3. The molecule has 0 aliphatic carbocycles. The second-order valence-corrected chi connectivity index (χ2v) is 13.3. The van der Waals surface area contributed by atoms with Crippen LogP contribution in [0.1, 0.15) is 41.3 Å². The molecular weight excluding hydrogens is 759 g/mol. The maximum absolute atomic E-state index is 13.3. The molecule has 2 heterocycles. The summed E-state index contributed by atoms with van der Waals surface area (Å²) in [6.45, 7) is 8.45. The number of hydrogen-bond donors (Lipinski definition) is 5. The van der Waals surface area contributed by atoms with Gasteiger partial charge >= 0.3 is 0 Å². The lowest BCUT2D eigenvalue weighted by molar-refractivity contribution is -0.130. The third kappa shape index (κ3) is 10.9. The van der Waals surface area contributed by atoms with Crippen LogP contribution in [0.4, 0.5) is 0 Å². The first kappa shape index (κ1) is 43.6. The number of fused-ring (bicyclic) bond motifs is 2. The first-order valence-corrected chi connectivity index (χ1v) is 19.0. The minimum Gasteiger partial charge on any atom is -0.504 e. The molecule has 0 saturated carbocycles. The van der Waals surface area contributed by atoms with E-state index < -0.39 is 11.5 Å². The van der Waals surface area contributed by atoms with Crippen molar-refractivity contribution in [2.24, 2.45) is 11.6 Å². The Morgan fingerprint density at radius 1 is 0.983 bits per heavy atom. The minimum absolute atomic E-state index is 0.0614. The Morgan fingerprint density at radius 2 is 1.68 bits per heavy atom. The van der Waals surface area contributed by atoms with Crippen LogP contribution in [-0.2, 0) is 30.3 Å². The predicted molar refractivity (Wildman–Crippen MR) is 222 cm³/mol. The van der Waals surface area contributed by atoms with Gasteiger partial charge in [0.2, 0.25) is 11.7 Å². The van der Waals surface area contributed by atoms with Crippen LogP contribution in [0.15, 0.2) is 118 Å². The highest BCUT2D eigenvalue weighted by atomic mass is 16.5. The zero-order valence-corrected chi connectivity index (χ0v) is 32.9. The summed E-state index contributed by atoms with van der Waals surface area (Å²) < 4.78 is 22.7. The van der Waals surface area contributed by atoms with E-state index in [1.807, 2.05) is 37.3 Å². The largest absolute Gasteiger partial charge is 0.504 e. The van der Waals surface area contributed by atoms with Gasteiger partial charge in [0.25, 0.3) is 5.91 Å². The van der Waals surface area contributed by atoms with Crippen LogP contribution < -0.4 is 22.3 Å². The molecule has 0 atom stereocenters. The zero-order valence-electron chi connectivity index (χ0n) is 32.9. The molecule has 1 aromatic heterocycles. The van der Waals surface area contributed by atoms with E-state index in [0.29, 0.717) is 66.8 Å². The van der Waals surface area contributed by atoms with Crippen molar-refractivity contribution >= 4 is 34.8 Å². The third-order valence-corrected chi connectivity index (χ3v) is 9.34. The maximum Gasteiger partial charge on any atom is 0.251 e. The molecular formula is C44H49N5O10. The van der Waals surface area contributed by atoms with E-state index in [0.717, 1.165) is 17.4 Å². The molecule has 0 fully saturated rings. The van der Waals surface area contributed by atoms with E-state index in [1.165, 1.54) is 23.2 Å². The van der Waals surface area contributed by atoms with Gasteiger partial charge in [-0.2, -0.15) is 0 Å². The van der Waals surface area contributed by atoms with Crippen molar-refractivity contribution in [1.29, 1.82) is 0 Å². The van der Waals surface area contributed by atoms with Gasteiger partial charge in [-0.3, -0.25) is 14.4 Å². The van der Waals surface area contributed by atoms with Gasteiger partial charge in [0, 0.05) is 47.7 Å². The molecule has 15 nitrogen and oxygen atoms in total. The predicted octanol–water partition coefficient (Wildman–Crippen LogP) is 4.49. The number of phenols is 2. The van der Waals surface area contributed by atoms with Gasteiger partial charge in [-0.1, -0.05) is 55.1 Å². The van der Waals surface area contributed by atoms with Crippen LogP contribution in [0.5, 0.6) is 11.5 Å². The smallest absolute Gasteiger partial charge is 0.251 e. The Bertz CT molecular complexity index is 2300. The van der Waals surface area contributed by atoms with Crippen LogP contribution >= 0.6 is 0 Å². The lowest BCUT2D eigenvalue weighted by Gasteiger charge is -2.33. The summed E-state index contributed by atoms with van der Waals surface area (Å²) in [5.41, 5.74) is 10.8. The molecule has 4 aromatic rings. The molecule has 0 bridgehead atoms. The molecule has 0 saturated heterocycles. The van der Waals surface area contributed by atoms with Gasteiger partial charge in [0.05, 0.1) is 75.2 Å². The highest BCUT2D eigenvalue weighted by Gasteiger charge is 2.28. The van der Waals surface area contributed by atoms with E-state index in [4.69, 9.17) is 30.2 Å². The fraction of sp³-hybridized carbons (Fsp3) is 0.273. The fourth-order valence-corrected chi connectivity index (χ4v) is 6.38. The number of nitrogens with one attached hydrogen (secondary N) is 1. The summed E-state index contributed by atoms with van der Waals surface area (Å²) >= 11 is 0. The zero-order chi connectivity index (χ0) is 42.3. The average Bonchev–Trinajstić information content (AvgIpc) is 3.23. The summed E-state index contributed by atoms with van der Waals surface area (Å²) in [5, 5.41) is 24.4. The first-order chi connectivity index (χ1) is 28.6. The summed E-state index contributed by atoms with van der Waals surface area (Å²) in [6, 6.07) is 17.8. The lowest BCUT2D eigenvalue weighted by Crippen LogP contribution is -2.38. The van der Waals surface area contributed by atoms with Gasteiger partial charge in [-0.15, -0.1) is 0 Å². The number of carbonyl (C=O) groups is 3. The van der Waals surface area contributed by atoms with E-state index in [9.17, 15) is 29.4 Å². The second kappa shape index (κ2) is 21.3. The monoisotopic (exact) mass is 807 g/mol. The molecule has 0 unspecified atom stereocenters. The number of benzene rings is 3. The van der Waals surface area contributed by atoms with Crippen molar-refractivity contribution < 1.29 is 43.2 Å². The Hall–Kier alpha value is -6.52. The van der Waals surface area contributed by atoms with Crippen LogP contribution in [0.3, 0.4) is 0 Å². The number of hydrogen-bond acceptors (Lipinski definition) is 13. The van der Waals surface area contributed by atoms with Gasteiger partial charge in [0.1, 0.15) is 12.0 Å². The topological polar surface area (TPSA) is 220 Å². The van der Waals surface area contributed by atoms with Crippen molar-refractivity contribution in [2.45, 2.75) is 26.3 Å². The number of hydrazine groups is 1. The van der Waals surface area contributed by atoms with E-state index in [-0.39, 0.29) is 73.1 Å². The molecule has 1 aliphatic rings. The number of aldehydes is 1. The molecule has 310 valence electrons. The third-order valence-electron chi connectivity index (χ3n) is 9.34. The molecule has 15 heteroatoms. The first-order valence-electron chi connectivity index (χ1n) is 19.0. The molecule has 2 amide bonds. The molecule has 7 N–H and O–H groups in total. The Labute approximate surface area is 341 Å². The Morgan fingerprint density at radius 3 is 2.37 bits per heavy atom. The van der Waals surface area contributed by atoms with Crippen molar-refractivity contribution in [1.82, 2.24) is 15.2 Å². The molecule has 5 rings (SSSR count). The number of nitrogens with zero attached hydrogens (tertiary/aromatic N) is 2. The molecule has 0 radical (unpaired) electrons. The highest BCUT2D eigenvalue weighted by molar-refractivity contribution is 5.94. The number of allylic oxidation sites excluding steroid dienone is 3. The average molecular weight is 808 g/mol. The maximum atomic E-state index is 13.3. The van der Waals surface area contributed by atoms with Gasteiger partial charge < -0.3 is 54.6 Å². The van der Waals surface area contributed by atoms with Gasteiger partial charge in [0.15, 0.2) is 16.8 Å². The van der Waals surface area contributed by atoms with E-state index >= 15 is 0 Å². The number of carbonyl (C=O) groups excluding carboxylic acids is 3. The number of nitrogens with two attached hydrogens (primary N) is 2. The number of rotatable bonds is 20. The van der Waals surface area contributed by atoms with Crippen molar-refractivity contribution in [2.75, 3.05) is 52.7 Å². The molecule has 0 spiro atoms. The van der Waals surface area contributed by atoms with Gasteiger partial charge in [-0.25, -0.2) is 5.84 Å². The van der Waals surface area contributed by atoms with E-state index in [1.54, 1.807) is 41.3 Å². The van der Waals surface area contributed by atoms with Crippen LogP contribution in [0.25, 0.3) is 28.0 Å². The number of phenolic OH excluding ortho intramolecular Hbond substituents is 2. The van der Waals surface area contributed by atoms with Crippen molar-refractivity contribution in [3.8, 4) is 22.8 Å². The van der Waals surface area contributed by atoms with Crippen LogP contribution in [0.2, 0.25) is 0 Å². The summed E-state index contributed by atoms with van der Waals surface area (Å²) in [5.74, 6) is 5.34. The summed E-state index contributed by atoms with van der Waals surface area (Å²) in [4.78, 5) is 51.1. The van der Waals surface area contributed by atoms with E-state index in [2.05, 4.69) is 11.9 Å². The Kier molecular flexibility index (Phi) is 15.7. The Balaban J connectivity index is 1.03. The highest BCUT2D eigenvalue weighted by Crippen LogP contribution is 2.35. The number of amides is 2. The minimum atomic E-state index is -0.523. The standard InChI is InChI=1S/C44H49N5O10/c1-3-8-35-32(4-2)40(45)41(33-10-6-5-9-31(33)28-48(35)39(53)11-7-20-50)49(46)19-22-57-24-26-58-25-23-56-21-18-47-44(55)30-14-12-29(13-15-30)38-27-37(52)34-16-17-36(51)42(54)43(34)59-38/h3-6,8-10,12-17,20,27,51,54H,2,7,11,18-19,21-26,28,45-46H2,1H3,(H,47,55)/b8-3-,35-32-,41-40-. The molecule has 1 aliphatic heterocycles.